The molecule has 66 valence electrons. The Kier molecular flexibility index (Phi) is 3.23. The maximum absolute atomic E-state index is 5.93. The van der Waals surface area contributed by atoms with E-state index in [-0.39, 0.29) is 6.04 Å². The van der Waals surface area contributed by atoms with Crippen LogP contribution in [-0.4, -0.2) is 4.98 Å². The van der Waals surface area contributed by atoms with Crippen LogP contribution in [0.2, 0.25) is 0 Å². The maximum atomic E-state index is 5.93. The fraction of sp³-hybridized carbons (Fsp3) is 0.444. The molecule has 0 saturated heterocycles. The van der Waals surface area contributed by atoms with Crippen LogP contribution in [0.4, 0.5) is 0 Å². The van der Waals surface area contributed by atoms with Gasteiger partial charge in [0.1, 0.15) is 4.60 Å². The van der Waals surface area contributed by atoms with Crippen molar-refractivity contribution in [1.82, 2.24) is 4.98 Å². The Morgan fingerprint density at radius 2 is 2.33 bits per heavy atom. The highest BCUT2D eigenvalue weighted by Crippen LogP contribution is 2.24. The molecule has 0 radical (unpaired) electrons. The number of nitrogens with two attached hydrogens (primary N) is 1. The number of rotatable bonds is 2. The number of pyridine rings is 1. The van der Waals surface area contributed by atoms with Crippen molar-refractivity contribution in [2.75, 3.05) is 0 Å². The number of nitrogens with zero attached hydrogens (tertiary/aromatic N) is 1. The molecule has 0 aliphatic carbocycles. The second-order valence-electron chi connectivity index (χ2n) is 2.85. The lowest BCUT2D eigenvalue weighted by Crippen LogP contribution is -2.11. The molecule has 0 aromatic carbocycles. The summed E-state index contributed by atoms with van der Waals surface area (Å²) in [7, 11) is 0. The van der Waals surface area contributed by atoms with Crippen LogP contribution >= 0.6 is 15.9 Å². The number of halogens is 1. The second kappa shape index (κ2) is 4.01. The molecular formula is C9H13BrN2. The summed E-state index contributed by atoms with van der Waals surface area (Å²) in [5.41, 5.74) is 8.25. The van der Waals surface area contributed by atoms with Crippen molar-refractivity contribution in [3.63, 3.8) is 0 Å². The lowest BCUT2D eigenvalue weighted by molar-refractivity contribution is 0.686. The fourth-order valence-electron chi connectivity index (χ4n) is 1.19. The minimum absolute atomic E-state index is 0.0908. The van der Waals surface area contributed by atoms with Crippen LogP contribution in [0.15, 0.2) is 16.9 Å². The highest BCUT2D eigenvalue weighted by Gasteiger charge is 2.10. The molecule has 0 bridgehead atoms. The number of hydrogen-bond donors (Lipinski definition) is 1. The molecule has 1 atom stereocenters. The highest BCUT2D eigenvalue weighted by molar-refractivity contribution is 9.10. The largest absolute Gasteiger partial charge is 0.324 e. The van der Waals surface area contributed by atoms with Crippen LogP contribution in [-0.2, 0) is 0 Å². The van der Waals surface area contributed by atoms with Crippen molar-refractivity contribution in [2.45, 2.75) is 26.3 Å². The Hall–Kier alpha value is -0.410. The summed E-state index contributed by atoms with van der Waals surface area (Å²) in [6, 6.07) is 2.07. The molecule has 1 heterocycles. The first kappa shape index (κ1) is 9.68. The van der Waals surface area contributed by atoms with E-state index in [0.29, 0.717) is 0 Å². The van der Waals surface area contributed by atoms with Gasteiger partial charge in [-0.05, 0) is 40.9 Å². The van der Waals surface area contributed by atoms with E-state index in [4.69, 9.17) is 5.73 Å². The van der Waals surface area contributed by atoms with Crippen LogP contribution in [0, 0.1) is 6.92 Å². The van der Waals surface area contributed by atoms with Crippen LogP contribution in [0.25, 0.3) is 0 Å². The topological polar surface area (TPSA) is 38.9 Å². The van der Waals surface area contributed by atoms with E-state index in [9.17, 15) is 0 Å². The molecule has 0 aliphatic rings. The molecule has 0 amide bonds. The third-order valence-electron chi connectivity index (χ3n) is 1.97. The zero-order chi connectivity index (χ0) is 9.14. The molecule has 0 saturated carbocycles. The van der Waals surface area contributed by atoms with Crippen molar-refractivity contribution < 1.29 is 0 Å². The molecule has 1 rings (SSSR count). The van der Waals surface area contributed by atoms with Gasteiger partial charge in [0.2, 0.25) is 0 Å². The van der Waals surface area contributed by atoms with Gasteiger partial charge in [0.05, 0.1) is 0 Å². The van der Waals surface area contributed by atoms with Gasteiger partial charge in [-0.25, -0.2) is 4.98 Å². The molecular weight excluding hydrogens is 216 g/mol. The number of hydrogen-bond acceptors (Lipinski definition) is 2. The van der Waals surface area contributed by atoms with Crippen molar-refractivity contribution in [3.8, 4) is 0 Å². The van der Waals surface area contributed by atoms with Gasteiger partial charge in [0.15, 0.2) is 0 Å². The fourth-order valence-corrected chi connectivity index (χ4v) is 1.91. The molecule has 1 aromatic rings. The smallest absolute Gasteiger partial charge is 0.111 e. The summed E-state index contributed by atoms with van der Waals surface area (Å²) in [5, 5.41) is 0. The quantitative estimate of drug-likeness (QED) is 0.791. The van der Waals surface area contributed by atoms with E-state index in [2.05, 4.69) is 34.8 Å². The van der Waals surface area contributed by atoms with E-state index >= 15 is 0 Å². The Morgan fingerprint density at radius 3 is 2.83 bits per heavy atom. The van der Waals surface area contributed by atoms with Gasteiger partial charge in [0, 0.05) is 17.8 Å². The van der Waals surface area contributed by atoms with Gasteiger partial charge in [-0.3, -0.25) is 0 Å². The molecule has 0 spiro atoms. The monoisotopic (exact) mass is 228 g/mol. The zero-order valence-electron chi connectivity index (χ0n) is 7.34. The van der Waals surface area contributed by atoms with Crippen LogP contribution in [0.1, 0.15) is 30.5 Å². The van der Waals surface area contributed by atoms with Crippen molar-refractivity contribution in [1.29, 1.82) is 0 Å². The Balaban J connectivity index is 3.12. The molecule has 2 N–H and O–H groups in total. The number of aromatic nitrogens is 1. The predicted octanol–water partition coefficient (Wildman–Crippen LogP) is 2.56. The van der Waals surface area contributed by atoms with E-state index in [1.807, 2.05) is 6.07 Å². The summed E-state index contributed by atoms with van der Waals surface area (Å²) < 4.78 is 0.872. The average molecular weight is 229 g/mol. The van der Waals surface area contributed by atoms with Crippen molar-refractivity contribution in [2.24, 2.45) is 5.73 Å². The molecule has 12 heavy (non-hydrogen) atoms. The van der Waals surface area contributed by atoms with E-state index in [1.54, 1.807) is 6.20 Å². The van der Waals surface area contributed by atoms with E-state index in [1.165, 1.54) is 5.56 Å². The first-order chi connectivity index (χ1) is 5.66. The van der Waals surface area contributed by atoms with Gasteiger partial charge in [-0.2, -0.15) is 0 Å². The Morgan fingerprint density at radius 1 is 1.67 bits per heavy atom. The number of aryl methyl sites for hydroxylation is 1. The first-order valence-electron chi connectivity index (χ1n) is 4.03. The van der Waals surface area contributed by atoms with Gasteiger partial charge >= 0.3 is 0 Å². The minimum atomic E-state index is 0.0908. The summed E-state index contributed by atoms with van der Waals surface area (Å²) in [6.07, 6.45) is 2.72. The van der Waals surface area contributed by atoms with Crippen molar-refractivity contribution in [3.05, 3.63) is 28.0 Å². The zero-order valence-corrected chi connectivity index (χ0v) is 8.93. The van der Waals surface area contributed by atoms with Crippen LogP contribution in [0.5, 0.6) is 0 Å². The van der Waals surface area contributed by atoms with Crippen LogP contribution < -0.4 is 5.73 Å². The van der Waals surface area contributed by atoms with Crippen LogP contribution in [0.3, 0.4) is 0 Å². The second-order valence-corrected chi connectivity index (χ2v) is 3.60. The van der Waals surface area contributed by atoms with E-state index < -0.39 is 0 Å². The van der Waals surface area contributed by atoms with E-state index in [0.717, 1.165) is 16.6 Å². The standard InChI is InChI=1S/C9H13BrN2/c1-3-7(11)8-6(2)4-5-12-9(8)10/h4-5,7H,3,11H2,1-2H3/t7-/m0/s1. The van der Waals surface area contributed by atoms with Crippen molar-refractivity contribution >= 4 is 15.9 Å². The van der Waals surface area contributed by atoms with Gasteiger partial charge in [-0.15, -0.1) is 0 Å². The average Bonchev–Trinajstić information content (AvgIpc) is 2.03. The first-order valence-corrected chi connectivity index (χ1v) is 4.82. The summed E-state index contributed by atoms with van der Waals surface area (Å²) in [4.78, 5) is 4.15. The normalized spacial score (nSPS) is 13.0. The Labute approximate surface area is 81.3 Å². The van der Waals surface area contributed by atoms with Gasteiger partial charge in [-0.1, -0.05) is 6.92 Å². The molecule has 0 unspecified atom stereocenters. The summed E-state index contributed by atoms with van der Waals surface area (Å²) in [6.45, 7) is 4.13. The van der Waals surface area contributed by atoms with Gasteiger partial charge in [0.25, 0.3) is 0 Å². The minimum Gasteiger partial charge on any atom is -0.324 e. The summed E-state index contributed by atoms with van der Waals surface area (Å²) >= 11 is 3.40. The molecule has 2 nitrogen and oxygen atoms in total. The Bertz CT molecular complexity index is 253. The van der Waals surface area contributed by atoms with Gasteiger partial charge < -0.3 is 5.73 Å². The third kappa shape index (κ3) is 1.84. The molecule has 1 aromatic heterocycles. The molecule has 0 aliphatic heterocycles. The molecule has 0 fully saturated rings. The predicted molar refractivity (Wildman–Crippen MR) is 53.9 cm³/mol. The third-order valence-corrected chi connectivity index (χ3v) is 2.60. The molecule has 3 heteroatoms. The lowest BCUT2D eigenvalue weighted by Gasteiger charge is -2.13. The highest BCUT2D eigenvalue weighted by atomic mass is 79.9. The maximum Gasteiger partial charge on any atom is 0.111 e. The summed E-state index contributed by atoms with van der Waals surface area (Å²) in [5.74, 6) is 0. The SMILES string of the molecule is CC[C@H](N)c1c(C)ccnc1Br. The lowest BCUT2D eigenvalue weighted by atomic mass is 10.0.